The number of pyridine rings is 1. The molecule has 42 heavy (non-hydrogen) atoms. The number of anilines is 1. The maximum absolute atomic E-state index is 14.0. The Labute approximate surface area is 253 Å². The molecular formula is C36H40N2O3S. The fraction of sp³-hybridized carbons (Fsp3) is 0.361. The largest absolute Gasteiger partial charge is 0.449 e. The lowest BCUT2D eigenvalue weighted by Gasteiger charge is -2.36. The summed E-state index contributed by atoms with van der Waals surface area (Å²) in [4.78, 5) is 33.3. The van der Waals surface area contributed by atoms with Gasteiger partial charge in [-0.05, 0) is 95.9 Å². The number of thiophene rings is 1. The van der Waals surface area contributed by atoms with Crippen LogP contribution in [0.3, 0.4) is 0 Å². The Kier molecular flexibility index (Phi) is 8.65. The van der Waals surface area contributed by atoms with E-state index in [1.165, 1.54) is 5.56 Å². The first-order valence-corrected chi connectivity index (χ1v) is 15.7. The van der Waals surface area contributed by atoms with Crippen LogP contribution in [0.4, 0.5) is 5.69 Å². The van der Waals surface area contributed by atoms with Gasteiger partial charge < -0.3 is 10.1 Å². The third-order valence-electron chi connectivity index (χ3n) is 8.52. The number of esters is 1. The standard InChI is InChI=1S/C36H40N2O3S/c1-7-22(2)24-14-16-27(17-15-24)37-34(39)23(3)41-35(40)32-29-12-8-9-13-31(29)38-33-25(20-28-11-10-18-42-28)19-26(21-30(32)33)36(4,5)6/h8-18,20,22-23,26H,7,19,21H2,1-6H3,(H,37,39). The lowest BCUT2D eigenvalue weighted by Crippen LogP contribution is -2.32. The van der Waals surface area contributed by atoms with Crippen molar-refractivity contribution in [3.8, 4) is 0 Å². The van der Waals surface area contributed by atoms with Crippen molar-refractivity contribution in [3.63, 3.8) is 0 Å². The van der Waals surface area contributed by atoms with E-state index in [0.717, 1.165) is 45.5 Å². The SMILES string of the molecule is CCC(C)c1ccc(NC(=O)C(C)OC(=O)c2c3c(nc4ccccc24)C(=Cc2cccs2)CC(C(C)(C)C)C3)cc1. The summed E-state index contributed by atoms with van der Waals surface area (Å²) in [5, 5.41) is 5.72. The molecule has 2 heterocycles. The number of carbonyl (C=O) groups excluding carboxylic acids is 2. The number of benzene rings is 2. The number of nitrogens with one attached hydrogen (secondary N) is 1. The average Bonchev–Trinajstić information content (AvgIpc) is 3.48. The molecule has 3 unspecified atom stereocenters. The van der Waals surface area contributed by atoms with Gasteiger partial charge in [-0.3, -0.25) is 4.79 Å². The fourth-order valence-electron chi connectivity index (χ4n) is 5.56. The molecule has 0 spiro atoms. The molecule has 0 fully saturated rings. The van der Waals surface area contributed by atoms with Gasteiger partial charge in [-0.1, -0.05) is 71.0 Å². The van der Waals surface area contributed by atoms with Gasteiger partial charge in [-0.2, -0.15) is 0 Å². The van der Waals surface area contributed by atoms with Gasteiger partial charge in [-0.15, -0.1) is 11.3 Å². The van der Waals surface area contributed by atoms with Crippen LogP contribution in [0.15, 0.2) is 66.0 Å². The van der Waals surface area contributed by atoms with Crippen molar-refractivity contribution in [2.45, 2.75) is 72.8 Å². The minimum atomic E-state index is -0.975. The van der Waals surface area contributed by atoms with Crippen LogP contribution >= 0.6 is 11.3 Å². The minimum Gasteiger partial charge on any atom is -0.449 e. The maximum atomic E-state index is 14.0. The molecule has 3 atom stereocenters. The van der Waals surface area contributed by atoms with Gasteiger partial charge >= 0.3 is 5.97 Å². The number of hydrogen-bond acceptors (Lipinski definition) is 5. The van der Waals surface area contributed by atoms with Gasteiger partial charge in [0.2, 0.25) is 0 Å². The molecule has 0 saturated carbocycles. The van der Waals surface area contributed by atoms with E-state index in [1.807, 2.05) is 54.6 Å². The first kappa shape index (κ1) is 29.7. The number of nitrogens with zero attached hydrogens (tertiary/aromatic N) is 1. The molecule has 6 heteroatoms. The molecule has 0 bridgehead atoms. The summed E-state index contributed by atoms with van der Waals surface area (Å²) in [6.07, 6.45) is 3.88. The van der Waals surface area contributed by atoms with Crippen LogP contribution in [0.5, 0.6) is 0 Å². The van der Waals surface area contributed by atoms with Gasteiger partial charge in [0.1, 0.15) is 0 Å². The van der Waals surface area contributed by atoms with E-state index in [0.29, 0.717) is 29.5 Å². The van der Waals surface area contributed by atoms with Crippen LogP contribution in [0.2, 0.25) is 0 Å². The van der Waals surface area contributed by atoms with Crippen molar-refractivity contribution < 1.29 is 14.3 Å². The summed E-state index contributed by atoms with van der Waals surface area (Å²) in [6, 6.07) is 19.7. The molecule has 1 amide bonds. The van der Waals surface area contributed by atoms with Crippen LogP contribution < -0.4 is 5.32 Å². The van der Waals surface area contributed by atoms with E-state index in [9.17, 15) is 9.59 Å². The van der Waals surface area contributed by atoms with Crippen LogP contribution in [-0.4, -0.2) is 23.0 Å². The molecule has 0 aliphatic heterocycles. The highest BCUT2D eigenvalue weighted by Crippen LogP contribution is 2.45. The summed E-state index contributed by atoms with van der Waals surface area (Å²) in [5.74, 6) is -0.0958. The van der Waals surface area contributed by atoms with Crippen molar-refractivity contribution in [1.82, 2.24) is 4.98 Å². The normalized spacial score (nSPS) is 17.5. The van der Waals surface area contributed by atoms with Gasteiger partial charge in [0.15, 0.2) is 6.10 Å². The molecule has 0 saturated heterocycles. The van der Waals surface area contributed by atoms with Crippen molar-refractivity contribution in [2.24, 2.45) is 11.3 Å². The first-order chi connectivity index (χ1) is 20.0. The van der Waals surface area contributed by atoms with Crippen LogP contribution in [-0.2, 0) is 16.0 Å². The van der Waals surface area contributed by atoms with Crippen molar-refractivity contribution in [1.29, 1.82) is 0 Å². The Hall–Kier alpha value is -3.77. The van der Waals surface area contributed by atoms with Gasteiger partial charge in [0, 0.05) is 16.0 Å². The quantitative estimate of drug-likeness (QED) is 0.221. The molecule has 5 rings (SSSR count). The number of aromatic nitrogens is 1. The number of amides is 1. The Balaban J connectivity index is 1.48. The second-order valence-electron chi connectivity index (χ2n) is 12.5. The number of rotatable bonds is 7. The third-order valence-corrected chi connectivity index (χ3v) is 9.33. The molecule has 1 aliphatic carbocycles. The predicted molar refractivity (Wildman–Crippen MR) is 174 cm³/mol. The van der Waals surface area contributed by atoms with Crippen molar-refractivity contribution in [3.05, 3.63) is 93.3 Å². The molecule has 0 radical (unpaired) electrons. The summed E-state index contributed by atoms with van der Waals surface area (Å²) in [6.45, 7) is 12.7. The topological polar surface area (TPSA) is 68.3 Å². The first-order valence-electron chi connectivity index (χ1n) is 14.8. The molecule has 5 nitrogen and oxygen atoms in total. The Morgan fingerprint density at radius 2 is 1.79 bits per heavy atom. The summed E-state index contributed by atoms with van der Waals surface area (Å²) >= 11 is 1.69. The summed E-state index contributed by atoms with van der Waals surface area (Å²) in [5.41, 5.74) is 6.08. The second-order valence-corrected chi connectivity index (χ2v) is 13.4. The van der Waals surface area contributed by atoms with Crippen LogP contribution in [0.25, 0.3) is 22.6 Å². The lowest BCUT2D eigenvalue weighted by atomic mass is 9.69. The fourth-order valence-corrected chi connectivity index (χ4v) is 6.24. The molecule has 218 valence electrons. The number of fused-ring (bicyclic) bond motifs is 2. The highest BCUT2D eigenvalue weighted by Gasteiger charge is 2.36. The monoisotopic (exact) mass is 580 g/mol. The van der Waals surface area contributed by atoms with Gasteiger partial charge in [0.25, 0.3) is 5.91 Å². The number of hydrogen-bond donors (Lipinski definition) is 1. The Bertz CT molecular complexity index is 1610. The molecule has 2 aromatic heterocycles. The molecule has 1 aliphatic rings. The maximum Gasteiger partial charge on any atom is 0.339 e. The summed E-state index contributed by atoms with van der Waals surface area (Å²) < 4.78 is 5.89. The zero-order valence-electron chi connectivity index (χ0n) is 25.4. The van der Waals surface area contributed by atoms with E-state index in [2.05, 4.69) is 57.5 Å². The molecule has 1 N–H and O–H groups in total. The van der Waals surface area contributed by atoms with Crippen molar-refractivity contribution >= 4 is 51.5 Å². The average molecular weight is 581 g/mol. The van der Waals surface area contributed by atoms with E-state index < -0.39 is 12.1 Å². The van der Waals surface area contributed by atoms with Gasteiger partial charge in [0.05, 0.1) is 16.8 Å². The molecule has 4 aromatic rings. The summed E-state index contributed by atoms with van der Waals surface area (Å²) in [7, 11) is 0. The lowest BCUT2D eigenvalue weighted by molar-refractivity contribution is -0.123. The van der Waals surface area contributed by atoms with E-state index in [1.54, 1.807) is 18.3 Å². The van der Waals surface area contributed by atoms with Crippen molar-refractivity contribution in [2.75, 3.05) is 5.32 Å². The highest BCUT2D eigenvalue weighted by atomic mass is 32.1. The predicted octanol–water partition coefficient (Wildman–Crippen LogP) is 9.14. The second kappa shape index (κ2) is 12.2. The van der Waals surface area contributed by atoms with Gasteiger partial charge in [-0.25, -0.2) is 9.78 Å². The number of carbonyl (C=O) groups is 2. The third kappa shape index (κ3) is 6.34. The van der Waals surface area contributed by atoms with E-state index in [4.69, 9.17) is 9.72 Å². The molecule has 2 aromatic carbocycles. The zero-order valence-corrected chi connectivity index (χ0v) is 26.2. The van der Waals surface area contributed by atoms with E-state index >= 15 is 0 Å². The molecular weight excluding hydrogens is 540 g/mol. The van der Waals surface area contributed by atoms with Crippen LogP contribution in [0.1, 0.15) is 92.4 Å². The minimum absolute atomic E-state index is 0.0245. The highest BCUT2D eigenvalue weighted by molar-refractivity contribution is 7.10. The number of para-hydroxylation sites is 1. The Morgan fingerprint density at radius 3 is 2.45 bits per heavy atom. The number of ether oxygens (including phenoxy) is 1. The Morgan fingerprint density at radius 1 is 1.05 bits per heavy atom. The zero-order chi connectivity index (χ0) is 30.0. The van der Waals surface area contributed by atoms with E-state index in [-0.39, 0.29) is 11.3 Å². The number of allylic oxidation sites excluding steroid dienone is 1. The smallest absolute Gasteiger partial charge is 0.339 e. The van der Waals surface area contributed by atoms with Crippen LogP contribution in [0, 0.1) is 11.3 Å².